The summed E-state index contributed by atoms with van der Waals surface area (Å²) in [4.78, 5) is 34.6. The summed E-state index contributed by atoms with van der Waals surface area (Å²) in [5, 5.41) is 2.37. The molecule has 0 aliphatic carbocycles. The molecule has 1 saturated heterocycles. The molecular weight excluding hydrogens is 200 g/mol. The van der Waals surface area contributed by atoms with Crippen LogP contribution >= 0.6 is 0 Å². The van der Waals surface area contributed by atoms with Gasteiger partial charge in [-0.15, -0.1) is 0 Å². The number of rotatable bonds is 4. The van der Waals surface area contributed by atoms with Gasteiger partial charge in [0.1, 0.15) is 6.54 Å². The molecule has 0 aromatic heterocycles. The van der Waals surface area contributed by atoms with Crippen LogP contribution in [0.5, 0.6) is 0 Å². The molecule has 1 aliphatic rings. The molecule has 0 spiro atoms. The van der Waals surface area contributed by atoms with E-state index in [9.17, 15) is 14.4 Å². The Morgan fingerprint density at radius 3 is 2.80 bits per heavy atom. The summed E-state index contributed by atoms with van der Waals surface area (Å²) in [5.74, 6) is -0.852. The van der Waals surface area contributed by atoms with Crippen molar-refractivity contribution < 1.29 is 19.1 Å². The molecular formula is C9H14N2O4. The first-order chi connectivity index (χ1) is 7.13. The Bertz CT molecular complexity index is 277. The van der Waals surface area contributed by atoms with Gasteiger partial charge in [-0.25, -0.2) is 0 Å². The number of amides is 2. The Balaban J connectivity index is 2.23. The molecule has 0 aromatic carbocycles. The average molecular weight is 214 g/mol. The zero-order chi connectivity index (χ0) is 11.3. The van der Waals surface area contributed by atoms with Crippen LogP contribution in [0, 0.1) is 0 Å². The van der Waals surface area contributed by atoms with Crippen molar-refractivity contribution in [1.82, 2.24) is 10.2 Å². The summed E-state index contributed by atoms with van der Waals surface area (Å²) in [6, 6.07) is 0. The first-order valence-corrected chi connectivity index (χ1v) is 4.75. The van der Waals surface area contributed by atoms with Crippen molar-refractivity contribution in [2.24, 2.45) is 0 Å². The summed E-state index contributed by atoms with van der Waals surface area (Å²) in [7, 11) is 1.25. The van der Waals surface area contributed by atoms with Crippen LogP contribution in [0.2, 0.25) is 0 Å². The zero-order valence-electron chi connectivity index (χ0n) is 8.62. The molecule has 6 nitrogen and oxygen atoms in total. The van der Waals surface area contributed by atoms with E-state index in [-0.39, 0.29) is 24.9 Å². The Kier molecular flexibility index (Phi) is 4.08. The minimum absolute atomic E-state index is 0.0109. The van der Waals surface area contributed by atoms with E-state index in [4.69, 9.17) is 0 Å². The molecule has 0 aromatic rings. The molecule has 1 aliphatic heterocycles. The molecule has 0 radical (unpaired) electrons. The van der Waals surface area contributed by atoms with Crippen LogP contribution in [0.4, 0.5) is 0 Å². The lowest BCUT2D eigenvalue weighted by Crippen LogP contribution is -2.39. The second-order valence-electron chi connectivity index (χ2n) is 3.27. The quantitative estimate of drug-likeness (QED) is 0.602. The molecule has 84 valence electrons. The van der Waals surface area contributed by atoms with E-state index in [2.05, 4.69) is 10.1 Å². The Labute approximate surface area is 87.6 Å². The van der Waals surface area contributed by atoms with Crippen LogP contribution in [-0.2, 0) is 19.1 Å². The van der Waals surface area contributed by atoms with Gasteiger partial charge in [-0.3, -0.25) is 14.4 Å². The largest absolute Gasteiger partial charge is 0.468 e. The van der Waals surface area contributed by atoms with E-state index in [1.165, 1.54) is 12.0 Å². The lowest BCUT2D eigenvalue weighted by atomic mass is 10.4. The van der Waals surface area contributed by atoms with Gasteiger partial charge in [-0.2, -0.15) is 0 Å². The van der Waals surface area contributed by atoms with Crippen molar-refractivity contribution in [2.45, 2.75) is 12.8 Å². The number of carbonyl (C=O) groups excluding carboxylic acids is 3. The zero-order valence-corrected chi connectivity index (χ0v) is 8.62. The molecule has 0 bridgehead atoms. The smallest absolute Gasteiger partial charge is 0.325 e. The minimum atomic E-state index is -0.504. The van der Waals surface area contributed by atoms with Gasteiger partial charge in [0, 0.05) is 13.0 Å². The molecule has 15 heavy (non-hydrogen) atoms. The molecule has 1 rings (SSSR count). The first kappa shape index (κ1) is 11.5. The third kappa shape index (κ3) is 3.57. The van der Waals surface area contributed by atoms with Gasteiger partial charge in [-0.1, -0.05) is 0 Å². The van der Waals surface area contributed by atoms with Gasteiger partial charge in [0.25, 0.3) is 0 Å². The van der Waals surface area contributed by atoms with Crippen LogP contribution in [0.15, 0.2) is 0 Å². The highest BCUT2D eigenvalue weighted by molar-refractivity contribution is 5.87. The fraction of sp³-hybridized carbons (Fsp3) is 0.667. The van der Waals surface area contributed by atoms with Gasteiger partial charge < -0.3 is 15.0 Å². The highest BCUT2D eigenvalue weighted by Gasteiger charge is 2.22. The topological polar surface area (TPSA) is 75.7 Å². The van der Waals surface area contributed by atoms with E-state index in [0.717, 1.165) is 6.42 Å². The van der Waals surface area contributed by atoms with Gasteiger partial charge in [0.15, 0.2) is 0 Å². The van der Waals surface area contributed by atoms with Crippen molar-refractivity contribution in [1.29, 1.82) is 0 Å². The maximum atomic E-state index is 11.3. The molecule has 2 amide bonds. The Hall–Kier alpha value is -1.59. The summed E-state index contributed by atoms with van der Waals surface area (Å²) in [5.41, 5.74) is 0. The fourth-order valence-corrected chi connectivity index (χ4v) is 1.34. The maximum Gasteiger partial charge on any atom is 0.325 e. The van der Waals surface area contributed by atoms with E-state index in [1.807, 2.05) is 0 Å². The lowest BCUT2D eigenvalue weighted by Gasteiger charge is -2.14. The fourth-order valence-electron chi connectivity index (χ4n) is 1.34. The minimum Gasteiger partial charge on any atom is -0.468 e. The molecule has 1 heterocycles. The lowest BCUT2D eigenvalue weighted by molar-refractivity contribution is -0.141. The van der Waals surface area contributed by atoms with Gasteiger partial charge in [-0.05, 0) is 6.42 Å². The summed E-state index contributed by atoms with van der Waals surface area (Å²) < 4.78 is 4.36. The molecule has 1 fully saturated rings. The SMILES string of the molecule is COC(=O)CNC(=O)CN1CCCC1=O. The average Bonchev–Trinajstić information content (AvgIpc) is 2.61. The summed E-state index contributed by atoms with van der Waals surface area (Å²) >= 11 is 0. The van der Waals surface area contributed by atoms with Crippen molar-refractivity contribution in [2.75, 3.05) is 26.7 Å². The Morgan fingerprint density at radius 2 is 2.27 bits per heavy atom. The van der Waals surface area contributed by atoms with E-state index < -0.39 is 5.97 Å². The number of hydrogen-bond donors (Lipinski definition) is 1. The third-order valence-corrected chi connectivity index (χ3v) is 2.16. The molecule has 0 saturated carbocycles. The van der Waals surface area contributed by atoms with Gasteiger partial charge in [0.2, 0.25) is 11.8 Å². The number of nitrogens with zero attached hydrogens (tertiary/aromatic N) is 1. The van der Waals surface area contributed by atoms with Gasteiger partial charge >= 0.3 is 5.97 Å². The monoisotopic (exact) mass is 214 g/mol. The summed E-state index contributed by atoms with van der Waals surface area (Å²) in [6.45, 7) is 0.484. The van der Waals surface area contributed by atoms with Crippen molar-refractivity contribution in [3.8, 4) is 0 Å². The maximum absolute atomic E-state index is 11.3. The van der Waals surface area contributed by atoms with Crippen LogP contribution in [0.1, 0.15) is 12.8 Å². The number of hydrogen-bond acceptors (Lipinski definition) is 4. The third-order valence-electron chi connectivity index (χ3n) is 2.16. The van der Waals surface area contributed by atoms with Gasteiger partial charge in [0.05, 0.1) is 13.7 Å². The van der Waals surface area contributed by atoms with Crippen molar-refractivity contribution in [3.63, 3.8) is 0 Å². The van der Waals surface area contributed by atoms with Crippen molar-refractivity contribution >= 4 is 17.8 Å². The number of nitrogens with one attached hydrogen (secondary N) is 1. The second-order valence-corrected chi connectivity index (χ2v) is 3.27. The van der Waals surface area contributed by atoms with E-state index >= 15 is 0 Å². The predicted molar refractivity (Wildman–Crippen MR) is 50.8 cm³/mol. The highest BCUT2D eigenvalue weighted by atomic mass is 16.5. The van der Waals surface area contributed by atoms with E-state index in [1.54, 1.807) is 0 Å². The van der Waals surface area contributed by atoms with Crippen molar-refractivity contribution in [3.05, 3.63) is 0 Å². The Morgan fingerprint density at radius 1 is 1.53 bits per heavy atom. The number of ether oxygens (including phenoxy) is 1. The van der Waals surface area contributed by atoms with Crippen LogP contribution in [0.3, 0.4) is 0 Å². The highest BCUT2D eigenvalue weighted by Crippen LogP contribution is 2.08. The molecule has 0 atom stereocenters. The predicted octanol–water partition coefficient (Wildman–Crippen LogP) is -1.10. The van der Waals surface area contributed by atoms with E-state index in [0.29, 0.717) is 13.0 Å². The van der Waals surface area contributed by atoms with Crippen LogP contribution in [0.25, 0.3) is 0 Å². The number of methoxy groups -OCH3 is 1. The van der Waals surface area contributed by atoms with Crippen LogP contribution < -0.4 is 5.32 Å². The molecule has 6 heteroatoms. The molecule has 1 N–H and O–H groups in total. The molecule has 0 unspecified atom stereocenters. The second kappa shape index (κ2) is 5.33. The normalized spacial score (nSPS) is 15.3. The summed E-state index contributed by atoms with van der Waals surface area (Å²) in [6.07, 6.45) is 1.30. The standard InChI is InChI=1S/C9H14N2O4/c1-15-9(14)5-10-7(12)6-11-4-2-3-8(11)13/h2-6H2,1H3,(H,10,12). The first-order valence-electron chi connectivity index (χ1n) is 4.75. The number of carbonyl (C=O) groups is 3. The van der Waals surface area contributed by atoms with Crippen LogP contribution in [-0.4, -0.2) is 49.4 Å². The number of esters is 1. The number of likely N-dealkylation sites (tertiary alicyclic amines) is 1.